The van der Waals surface area contributed by atoms with Crippen LogP contribution < -0.4 is 5.73 Å². The quantitative estimate of drug-likeness (QED) is 0.835. The lowest BCUT2D eigenvalue weighted by Crippen LogP contribution is -2.45. The molecule has 2 rings (SSSR count). The van der Waals surface area contributed by atoms with Crippen LogP contribution in [0.3, 0.4) is 0 Å². The molecule has 2 atom stereocenters. The summed E-state index contributed by atoms with van der Waals surface area (Å²) in [5.41, 5.74) is 6.88. The second-order valence-electron chi connectivity index (χ2n) is 4.43. The van der Waals surface area contributed by atoms with Gasteiger partial charge in [-0.3, -0.25) is 14.9 Å². The fourth-order valence-corrected chi connectivity index (χ4v) is 2.48. The van der Waals surface area contributed by atoms with E-state index in [2.05, 4.69) is 21.8 Å². The van der Waals surface area contributed by atoms with E-state index in [0.29, 0.717) is 12.1 Å². The van der Waals surface area contributed by atoms with Crippen LogP contribution in [-0.4, -0.2) is 34.0 Å². The minimum atomic E-state index is 0.322. The lowest BCUT2D eigenvalue weighted by Gasteiger charge is -2.38. The molecular weight excluding hydrogens is 200 g/mol. The number of piperidine rings is 1. The first kappa shape index (κ1) is 11.5. The van der Waals surface area contributed by atoms with Crippen molar-refractivity contribution in [2.24, 2.45) is 5.73 Å². The Morgan fingerprint density at radius 3 is 3.06 bits per heavy atom. The van der Waals surface area contributed by atoms with Gasteiger partial charge in [0.2, 0.25) is 0 Å². The highest BCUT2D eigenvalue weighted by Crippen LogP contribution is 2.26. The summed E-state index contributed by atoms with van der Waals surface area (Å²) in [5.74, 6) is 0. The maximum atomic E-state index is 5.83. The summed E-state index contributed by atoms with van der Waals surface area (Å²) >= 11 is 0. The Morgan fingerprint density at radius 1 is 1.50 bits per heavy atom. The number of nitrogens with two attached hydrogens (primary N) is 1. The molecule has 2 heterocycles. The monoisotopic (exact) mass is 220 g/mol. The summed E-state index contributed by atoms with van der Waals surface area (Å²) in [6.07, 6.45) is 9.10. The van der Waals surface area contributed by atoms with Gasteiger partial charge in [-0.15, -0.1) is 0 Å². The first-order valence-corrected chi connectivity index (χ1v) is 6.04. The van der Waals surface area contributed by atoms with Crippen molar-refractivity contribution in [3.05, 3.63) is 24.3 Å². The lowest BCUT2D eigenvalue weighted by molar-refractivity contribution is 0.105. The second-order valence-corrected chi connectivity index (χ2v) is 4.43. The summed E-state index contributed by atoms with van der Waals surface area (Å²) in [4.78, 5) is 11.0. The summed E-state index contributed by atoms with van der Waals surface area (Å²) in [6, 6.07) is 0.827. The molecule has 0 aliphatic carbocycles. The molecule has 16 heavy (non-hydrogen) atoms. The smallest absolute Gasteiger partial charge is 0.0755 e. The Bertz CT molecular complexity index is 314. The fraction of sp³-hybridized carbons (Fsp3) is 0.667. The minimum absolute atomic E-state index is 0.322. The molecule has 0 aromatic carbocycles. The summed E-state index contributed by atoms with van der Waals surface area (Å²) < 4.78 is 0. The molecule has 0 unspecified atom stereocenters. The summed E-state index contributed by atoms with van der Waals surface area (Å²) in [7, 11) is 0. The van der Waals surface area contributed by atoms with E-state index < -0.39 is 0 Å². The van der Waals surface area contributed by atoms with Crippen LogP contribution in [0.25, 0.3) is 0 Å². The van der Waals surface area contributed by atoms with Crippen LogP contribution in [0, 0.1) is 0 Å². The Hall–Kier alpha value is -1.00. The third kappa shape index (κ3) is 2.39. The molecule has 1 aliphatic rings. The zero-order valence-electron chi connectivity index (χ0n) is 9.84. The van der Waals surface area contributed by atoms with Gasteiger partial charge in [-0.1, -0.05) is 6.42 Å². The number of aromatic nitrogens is 2. The van der Waals surface area contributed by atoms with Crippen molar-refractivity contribution in [2.75, 3.05) is 13.1 Å². The molecule has 0 spiro atoms. The summed E-state index contributed by atoms with van der Waals surface area (Å²) in [6.45, 7) is 4.06. The van der Waals surface area contributed by atoms with Gasteiger partial charge in [-0.2, -0.15) is 0 Å². The average Bonchev–Trinajstić information content (AvgIpc) is 2.39. The Kier molecular flexibility index (Phi) is 3.85. The normalized spacial score (nSPS) is 24.2. The van der Waals surface area contributed by atoms with Crippen LogP contribution in [0.2, 0.25) is 0 Å². The van der Waals surface area contributed by atoms with Gasteiger partial charge in [0.05, 0.1) is 11.7 Å². The van der Waals surface area contributed by atoms with Gasteiger partial charge in [0.15, 0.2) is 0 Å². The van der Waals surface area contributed by atoms with Crippen molar-refractivity contribution < 1.29 is 0 Å². The van der Waals surface area contributed by atoms with E-state index in [4.69, 9.17) is 5.73 Å². The molecule has 0 radical (unpaired) electrons. The third-order valence-corrected chi connectivity index (χ3v) is 3.45. The molecule has 4 nitrogen and oxygen atoms in total. The minimum Gasteiger partial charge on any atom is -0.329 e. The van der Waals surface area contributed by atoms with E-state index in [1.165, 1.54) is 19.3 Å². The highest BCUT2D eigenvalue weighted by molar-refractivity contribution is 5.02. The first-order valence-electron chi connectivity index (χ1n) is 6.04. The highest BCUT2D eigenvalue weighted by atomic mass is 15.2. The predicted molar refractivity (Wildman–Crippen MR) is 63.8 cm³/mol. The molecule has 0 bridgehead atoms. The second kappa shape index (κ2) is 5.37. The van der Waals surface area contributed by atoms with Crippen LogP contribution >= 0.6 is 0 Å². The molecule has 1 aromatic rings. The molecule has 0 amide bonds. The zero-order chi connectivity index (χ0) is 11.4. The molecule has 2 N–H and O–H groups in total. The van der Waals surface area contributed by atoms with Crippen molar-refractivity contribution in [3.63, 3.8) is 0 Å². The maximum Gasteiger partial charge on any atom is 0.0755 e. The largest absolute Gasteiger partial charge is 0.329 e. The number of nitrogens with zero attached hydrogens (tertiary/aromatic N) is 3. The van der Waals surface area contributed by atoms with E-state index in [1.807, 2.05) is 6.20 Å². The third-order valence-electron chi connectivity index (χ3n) is 3.45. The Morgan fingerprint density at radius 2 is 2.38 bits per heavy atom. The van der Waals surface area contributed by atoms with Crippen molar-refractivity contribution in [3.8, 4) is 0 Å². The predicted octanol–water partition coefficient (Wildman–Crippen LogP) is 1.35. The molecule has 1 aliphatic heterocycles. The van der Waals surface area contributed by atoms with Crippen LogP contribution in [0.1, 0.15) is 37.9 Å². The van der Waals surface area contributed by atoms with Crippen molar-refractivity contribution in [2.45, 2.75) is 38.3 Å². The number of likely N-dealkylation sites (tertiary alicyclic amines) is 1. The van der Waals surface area contributed by atoms with Gasteiger partial charge in [-0.25, -0.2) is 0 Å². The summed E-state index contributed by atoms with van der Waals surface area (Å²) in [5, 5.41) is 0. The van der Waals surface area contributed by atoms with Crippen molar-refractivity contribution >= 4 is 0 Å². The number of rotatable bonds is 3. The van der Waals surface area contributed by atoms with Gasteiger partial charge in [0, 0.05) is 31.2 Å². The van der Waals surface area contributed by atoms with E-state index >= 15 is 0 Å². The molecule has 1 aromatic heterocycles. The molecular formula is C12H20N4. The van der Waals surface area contributed by atoms with Crippen LogP contribution in [0.5, 0.6) is 0 Å². The Balaban J connectivity index is 2.10. The molecule has 0 saturated carbocycles. The lowest BCUT2D eigenvalue weighted by atomic mass is 9.99. The SMILES string of the molecule is C[C@H](c1cnccn1)N1CCCC[C@H]1CN. The molecule has 4 heteroatoms. The van der Waals surface area contributed by atoms with Gasteiger partial charge >= 0.3 is 0 Å². The number of hydrogen-bond donors (Lipinski definition) is 1. The van der Waals surface area contributed by atoms with E-state index in [0.717, 1.165) is 18.8 Å². The van der Waals surface area contributed by atoms with Crippen molar-refractivity contribution in [1.82, 2.24) is 14.9 Å². The Labute approximate surface area is 96.9 Å². The van der Waals surface area contributed by atoms with Gasteiger partial charge in [-0.05, 0) is 26.3 Å². The van der Waals surface area contributed by atoms with Crippen LogP contribution in [0.15, 0.2) is 18.6 Å². The van der Waals surface area contributed by atoms with Crippen LogP contribution in [-0.2, 0) is 0 Å². The van der Waals surface area contributed by atoms with Crippen molar-refractivity contribution in [1.29, 1.82) is 0 Å². The average molecular weight is 220 g/mol. The molecule has 88 valence electrons. The van der Waals surface area contributed by atoms with Gasteiger partial charge < -0.3 is 5.73 Å². The molecule has 1 saturated heterocycles. The number of hydrogen-bond acceptors (Lipinski definition) is 4. The fourth-order valence-electron chi connectivity index (χ4n) is 2.48. The zero-order valence-corrected chi connectivity index (χ0v) is 9.84. The van der Waals surface area contributed by atoms with E-state index in [-0.39, 0.29) is 0 Å². The molecule has 1 fully saturated rings. The highest BCUT2D eigenvalue weighted by Gasteiger charge is 2.26. The van der Waals surface area contributed by atoms with E-state index in [1.54, 1.807) is 12.4 Å². The first-order chi connectivity index (χ1) is 7.83. The maximum absolute atomic E-state index is 5.83. The van der Waals surface area contributed by atoms with Gasteiger partial charge in [0.1, 0.15) is 0 Å². The van der Waals surface area contributed by atoms with Crippen LogP contribution in [0.4, 0.5) is 0 Å². The topological polar surface area (TPSA) is 55.0 Å². The van der Waals surface area contributed by atoms with E-state index in [9.17, 15) is 0 Å². The van der Waals surface area contributed by atoms with Gasteiger partial charge in [0.25, 0.3) is 0 Å². The standard InChI is InChI=1S/C12H20N4/c1-10(12-9-14-5-6-15-12)16-7-3-2-4-11(16)8-13/h5-6,9-11H,2-4,7-8,13H2,1H3/t10-,11+/m1/s1.